The summed E-state index contributed by atoms with van der Waals surface area (Å²) in [4.78, 5) is 29.2. The van der Waals surface area contributed by atoms with E-state index in [1.54, 1.807) is 20.3 Å². The van der Waals surface area contributed by atoms with Crippen molar-refractivity contribution >= 4 is 17.7 Å². The second-order valence-electron chi connectivity index (χ2n) is 6.41. The molecule has 1 saturated heterocycles. The number of ether oxygens (including phenoxy) is 2. The maximum atomic E-state index is 12.3. The van der Waals surface area contributed by atoms with E-state index in [-0.39, 0.29) is 23.6 Å². The number of aromatic amines is 1. The number of carbonyl (C=O) groups is 1. The van der Waals surface area contributed by atoms with Crippen LogP contribution in [-0.2, 0) is 17.6 Å². The van der Waals surface area contributed by atoms with Crippen LogP contribution in [0.25, 0.3) is 0 Å². The van der Waals surface area contributed by atoms with E-state index in [1.807, 2.05) is 28.8 Å². The van der Waals surface area contributed by atoms with Crippen LogP contribution in [0.1, 0.15) is 23.5 Å². The number of H-pyrrole nitrogens is 1. The number of nitrogens with zero attached hydrogens (tertiary/aromatic N) is 3. The summed E-state index contributed by atoms with van der Waals surface area (Å²) in [6.07, 6.45) is 0.978. The summed E-state index contributed by atoms with van der Waals surface area (Å²) >= 11 is 1.85. The first-order valence-electron chi connectivity index (χ1n) is 9.12. The summed E-state index contributed by atoms with van der Waals surface area (Å²) in [6, 6.07) is 5.52. The molecule has 1 N–H and O–H groups in total. The number of aromatic nitrogens is 3. The summed E-state index contributed by atoms with van der Waals surface area (Å²) in [5, 5.41) is 8.16. The fourth-order valence-corrected chi connectivity index (χ4v) is 3.92. The van der Waals surface area contributed by atoms with Gasteiger partial charge in [-0.1, -0.05) is 6.07 Å². The van der Waals surface area contributed by atoms with Crippen LogP contribution in [0.4, 0.5) is 0 Å². The van der Waals surface area contributed by atoms with Crippen LogP contribution in [-0.4, -0.2) is 64.8 Å². The van der Waals surface area contributed by atoms with Gasteiger partial charge < -0.3 is 19.4 Å². The van der Waals surface area contributed by atoms with Crippen molar-refractivity contribution in [2.24, 2.45) is 0 Å². The van der Waals surface area contributed by atoms with Gasteiger partial charge in [-0.05, 0) is 17.7 Å². The Morgan fingerprint density at radius 2 is 1.93 bits per heavy atom. The predicted octanol–water partition coefficient (Wildman–Crippen LogP) is 1.28. The minimum absolute atomic E-state index is 0.0657. The first-order chi connectivity index (χ1) is 13.6. The van der Waals surface area contributed by atoms with Crippen LogP contribution < -0.4 is 15.0 Å². The monoisotopic (exact) mass is 404 g/mol. The highest BCUT2D eigenvalue weighted by atomic mass is 32.2. The third-order valence-corrected chi connectivity index (χ3v) is 5.51. The highest BCUT2D eigenvalue weighted by Crippen LogP contribution is 2.28. The average Bonchev–Trinajstić information content (AvgIpc) is 2.73. The second-order valence-corrected chi connectivity index (χ2v) is 7.63. The molecule has 150 valence electrons. The van der Waals surface area contributed by atoms with Crippen LogP contribution in [0.15, 0.2) is 23.0 Å². The summed E-state index contributed by atoms with van der Waals surface area (Å²) < 4.78 is 10.5. The minimum atomic E-state index is -0.299. The zero-order valence-corrected chi connectivity index (χ0v) is 16.9. The number of hydrogen-bond donors (Lipinski definition) is 1. The van der Waals surface area contributed by atoms with Gasteiger partial charge >= 0.3 is 0 Å². The van der Waals surface area contributed by atoms with E-state index in [2.05, 4.69) is 15.2 Å². The molecule has 3 rings (SSSR count). The summed E-state index contributed by atoms with van der Waals surface area (Å²) in [6.45, 7) is 1.55. The number of methoxy groups -OCH3 is 2. The number of carbonyl (C=O) groups excluding carboxylic acids is 1. The molecular formula is C19H24N4O4S. The molecule has 2 heterocycles. The lowest BCUT2D eigenvalue weighted by atomic mass is 10.1. The normalized spacial score (nSPS) is 14.0. The third kappa shape index (κ3) is 5.03. The van der Waals surface area contributed by atoms with Gasteiger partial charge in [0.05, 0.1) is 14.2 Å². The molecule has 0 radical (unpaired) electrons. The quantitative estimate of drug-likeness (QED) is 0.742. The summed E-state index contributed by atoms with van der Waals surface area (Å²) in [5.41, 5.74) is 0.900. The van der Waals surface area contributed by atoms with E-state index >= 15 is 0 Å². The number of rotatable bonds is 7. The number of aryl methyl sites for hydroxylation is 1. The van der Waals surface area contributed by atoms with Crippen LogP contribution in [0.2, 0.25) is 0 Å². The first-order valence-corrected chi connectivity index (χ1v) is 10.3. The van der Waals surface area contributed by atoms with Gasteiger partial charge in [0.15, 0.2) is 11.5 Å². The molecule has 1 aliphatic rings. The van der Waals surface area contributed by atoms with Gasteiger partial charge in [0.1, 0.15) is 11.5 Å². The van der Waals surface area contributed by atoms with Gasteiger partial charge in [-0.3, -0.25) is 9.59 Å². The fraction of sp³-hybridized carbons (Fsp3) is 0.474. The molecule has 0 aliphatic carbocycles. The van der Waals surface area contributed by atoms with Gasteiger partial charge in [-0.2, -0.15) is 11.8 Å². The highest BCUT2D eigenvalue weighted by molar-refractivity contribution is 7.99. The lowest BCUT2D eigenvalue weighted by Crippen LogP contribution is -2.38. The molecule has 1 aromatic carbocycles. The minimum Gasteiger partial charge on any atom is -0.493 e. The third-order valence-electron chi connectivity index (χ3n) is 4.57. The molecule has 0 saturated carbocycles. The smallest absolute Gasteiger partial charge is 0.272 e. The van der Waals surface area contributed by atoms with Crippen LogP contribution in [0.3, 0.4) is 0 Å². The van der Waals surface area contributed by atoms with Gasteiger partial charge in [-0.25, -0.2) is 0 Å². The van der Waals surface area contributed by atoms with Crippen LogP contribution in [0, 0.1) is 0 Å². The Kier molecular flexibility index (Phi) is 6.91. The van der Waals surface area contributed by atoms with Crippen LogP contribution in [0.5, 0.6) is 11.5 Å². The standard InChI is InChI=1S/C19H24N4O4S/c1-26-15-5-3-13(11-16(15)27-2)12-17-20-19(25)14(21-22-17)4-6-18(24)23-7-9-28-10-8-23/h3,5,11H,4,6-10,12H2,1-2H3,(H,20,22,25). The van der Waals surface area contributed by atoms with Gasteiger partial charge in [0.2, 0.25) is 5.91 Å². The molecule has 28 heavy (non-hydrogen) atoms. The molecule has 1 amide bonds. The van der Waals surface area contributed by atoms with Crippen molar-refractivity contribution < 1.29 is 14.3 Å². The number of benzene rings is 1. The van der Waals surface area contributed by atoms with E-state index in [1.165, 1.54) is 0 Å². The SMILES string of the molecule is COc1ccc(Cc2nnc(CCC(=O)N3CCSCC3)c(=O)[nH]2)cc1OC. The Labute approximate surface area is 167 Å². The lowest BCUT2D eigenvalue weighted by molar-refractivity contribution is -0.130. The number of hydrogen-bond acceptors (Lipinski definition) is 7. The Bertz CT molecular complexity index is 880. The highest BCUT2D eigenvalue weighted by Gasteiger charge is 2.17. The van der Waals surface area contributed by atoms with Crippen molar-refractivity contribution in [3.05, 3.63) is 45.6 Å². The topological polar surface area (TPSA) is 97.4 Å². The predicted molar refractivity (Wildman–Crippen MR) is 107 cm³/mol. The van der Waals surface area contributed by atoms with Crippen molar-refractivity contribution in [3.63, 3.8) is 0 Å². The lowest BCUT2D eigenvalue weighted by Gasteiger charge is -2.26. The van der Waals surface area contributed by atoms with E-state index in [0.717, 1.165) is 30.2 Å². The molecule has 8 nitrogen and oxygen atoms in total. The molecule has 1 aromatic heterocycles. The Balaban J connectivity index is 1.62. The maximum Gasteiger partial charge on any atom is 0.272 e. The molecule has 1 fully saturated rings. The molecule has 9 heteroatoms. The number of amides is 1. The number of thioether (sulfide) groups is 1. The van der Waals surface area contributed by atoms with Gasteiger partial charge in [0, 0.05) is 43.9 Å². The van der Waals surface area contributed by atoms with Crippen molar-refractivity contribution in [2.45, 2.75) is 19.3 Å². The zero-order chi connectivity index (χ0) is 19.9. The van der Waals surface area contributed by atoms with Crippen LogP contribution >= 0.6 is 11.8 Å². The van der Waals surface area contributed by atoms with E-state index in [9.17, 15) is 9.59 Å². The summed E-state index contributed by atoms with van der Waals surface area (Å²) in [7, 11) is 3.15. The van der Waals surface area contributed by atoms with Crippen molar-refractivity contribution in [2.75, 3.05) is 38.8 Å². The Morgan fingerprint density at radius 3 is 2.61 bits per heavy atom. The molecule has 0 atom stereocenters. The van der Waals surface area contributed by atoms with Crippen molar-refractivity contribution in [1.29, 1.82) is 0 Å². The maximum absolute atomic E-state index is 12.3. The van der Waals surface area contributed by atoms with E-state index < -0.39 is 0 Å². The van der Waals surface area contributed by atoms with Crippen molar-refractivity contribution in [3.8, 4) is 11.5 Å². The number of nitrogens with one attached hydrogen (secondary N) is 1. The molecular weight excluding hydrogens is 380 g/mol. The van der Waals surface area contributed by atoms with E-state index in [4.69, 9.17) is 9.47 Å². The molecule has 2 aromatic rings. The zero-order valence-electron chi connectivity index (χ0n) is 16.1. The average molecular weight is 404 g/mol. The molecule has 1 aliphatic heterocycles. The van der Waals surface area contributed by atoms with Gasteiger partial charge in [-0.15, -0.1) is 10.2 Å². The summed E-state index contributed by atoms with van der Waals surface area (Å²) in [5.74, 6) is 3.71. The largest absolute Gasteiger partial charge is 0.493 e. The molecule has 0 unspecified atom stereocenters. The van der Waals surface area contributed by atoms with E-state index in [0.29, 0.717) is 30.2 Å². The Morgan fingerprint density at radius 1 is 1.18 bits per heavy atom. The Hall–Kier alpha value is -2.55. The van der Waals surface area contributed by atoms with Crippen molar-refractivity contribution in [1.82, 2.24) is 20.1 Å². The van der Waals surface area contributed by atoms with Gasteiger partial charge in [0.25, 0.3) is 5.56 Å². The molecule has 0 spiro atoms. The molecule has 0 bridgehead atoms. The first kappa shape index (κ1) is 20.2. The second kappa shape index (κ2) is 9.59. The fourth-order valence-electron chi connectivity index (χ4n) is 3.02.